The third kappa shape index (κ3) is 5.03. The van der Waals surface area contributed by atoms with Crippen LogP contribution in [0, 0.1) is 25.2 Å². The van der Waals surface area contributed by atoms with Crippen molar-refractivity contribution in [3.05, 3.63) is 88.4 Å². The number of nitrogens with one attached hydrogen (secondary N) is 2. The van der Waals surface area contributed by atoms with Crippen molar-refractivity contribution in [1.29, 1.82) is 5.26 Å². The van der Waals surface area contributed by atoms with E-state index in [9.17, 15) is 5.26 Å². The molecule has 5 rings (SSSR count). The van der Waals surface area contributed by atoms with E-state index in [1.165, 1.54) is 5.56 Å². The van der Waals surface area contributed by atoms with Gasteiger partial charge in [-0.1, -0.05) is 36.4 Å². The molecule has 2 N–H and O–H groups in total. The highest BCUT2D eigenvalue weighted by atomic mass is 15.2. The zero-order valence-electron chi connectivity index (χ0n) is 21.2. The second-order valence-corrected chi connectivity index (χ2v) is 9.61. The summed E-state index contributed by atoms with van der Waals surface area (Å²) in [6.07, 6.45) is 7.75. The van der Waals surface area contributed by atoms with Crippen LogP contribution in [0.25, 0.3) is 23.1 Å². The molecule has 0 aliphatic carbocycles. The van der Waals surface area contributed by atoms with Gasteiger partial charge < -0.3 is 15.2 Å². The standard InChI is InChI=1S/C30H32N6/c1-21-26-12-13-32-29(26)11-10-28(21)34-30-25(18-31)19-33-22(2)27(30)9-8-23-4-6-24(7-5-23)20-36-16-14-35(3)15-17-36/h4-13,19,32H,14-17,20H2,1-3H3,(H,33,34). The molecule has 1 aliphatic heterocycles. The van der Waals surface area contributed by atoms with Crippen molar-refractivity contribution in [2.45, 2.75) is 20.4 Å². The Kier molecular flexibility index (Phi) is 6.86. The lowest BCUT2D eigenvalue weighted by molar-refractivity contribution is 0.148. The van der Waals surface area contributed by atoms with E-state index in [0.29, 0.717) is 5.56 Å². The highest BCUT2D eigenvalue weighted by Gasteiger charge is 2.15. The summed E-state index contributed by atoms with van der Waals surface area (Å²) in [5, 5.41) is 14.5. The zero-order valence-corrected chi connectivity index (χ0v) is 21.2. The van der Waals surface area contributed by atoms with Gasteiger partial charge in [-0.3, -0.25) is 9.88 Å². The van der Waals surface area contributed by atoms with Gasteiger partial charge in [-0.15, -0.1) is 0 Å². The first kappa shape index (κ1) is 23.8. The molecule has 1 fully saturated rings. The Balaban J connectivity index is 1.39. The van der Waals surface area contributed by atoms with Crippen LogP contribution in [0.1, 0.15) is 33.5 Å². The van der Waals surface area contributed by atoms with Gasteiger partial charge in [0.2, 0.25) is 0 Å². The topological polar surface area (TPSA) is 71.0 Å². The summed E-state index contributed by atoms with van der Waals surface area (Å²) in [6.45, 7) is 9.56. The van der Waals surface area contributed by atoms with Crippen LogP contribution in [0.3, 0.4) is 0 Å². The molecule has 0 radical (unpaired) electrons. The second-order valence-electron chi connectivity index (χ2n) is 9.61. The maximum atomic E-state index is 9.82. The van der Waals surface area contributed by atoms with Crippen molar-refractivity contribution in [2.75, 3.05) is 38.5 Å². The summed E-state index contributed by atoms with van der Waals surface area (Å²) in [5.74, 6) is 0. The number of aromatic nitrogens is 2. The van der Waals surface area contributed by atoms with Crippen molar-refractivity contribution in [3.8, 4) is 6.07 Å². The van der Waals surface area contributed by atoms with Gasteiger partial charge >= 0.3 is 0 Å². The Morgan fingerprint density at radius 2 is 1.81 bits per heavy atom. The van der Waals surface area contributed by atoms with Crippen LogP contribution in [-0.4, -0.2) is 53.0 Å². The summed E-state index contributed by atoms with van der Waals surface area (Å²) in [5.41, 5.74) is 8.77. The Morgan fingerprint density at radius 1 is 1.03 bits per heavy atom. The van der Waals surface area contributed by atoms with E-state index >= 15 is 0 Å². The van der Waals surface area contributed by atoms with Gasteiger partial charge in [0, 0.05) is 73.0 Å². The Bertz CT molecular complexity index is 1430. The number of rotatable bonds is 6. The molecule has 36 heavy (non-hydrogen) atoms. The molecule has 182 valence electrons. The molecule has 2 aromatic carbocycles. The smallest absolute Gasteiger partial charge is 0.103 e. The number of piperazine rings is 1. The van der Waals surface area contributed by atoms with Crippen LogP contribution >= 0.6 is 0 Å². The molecule has 2 aromatic heterocycles. The van der Waals surface area contributed by atoms with E-state index in [-0.39, 0.29) is 0 Å². The minimum atomic E-state index is 0.524. The summed E-state index contributed by atoms with van der Waals surface area (Å²) < 4.78 is 0. The van der Waals surface area contributed by atoms with Gasteiger partial charge in [0.05, 0.1) is 11.3 Å². The number of nitrogens with zero attached hydrogens (tertiary/aromatic N) is 4. The zero-order chi connectivity index (χ0) is 25.1. The van der Waals surface area contributed by atoms with Crippen LogP contribution < -0.4 is 5.32 Å². The average Bonchev–Trinajstić information content (AvgIpc) is 3.37. The molecule has 6 nitrogen and oxygen atoms in total. The summed E-state index contributed by atoms with van der Waals surface area (Å²) in [7, 11) is 2.19. The molecule has 0 atom stereocenters. The van der Waals surface area contributed by atoms with Gasteiger partial charge in [-0.05, 0) is 55.8 Å². The highest BCUT2D eigenvalue weighted by molar-refractivity contribution is 5.90. The molecule has 0 saturated carbocycles. The Morgan fingerprint density at radius 3 is 2.56 bits per heavy atom. The van der Waals surface area contributed by atoms with Crippen LogP contribution in [0.5, 0.6) is 0 Å². The number of hydrogen-bond acceptors (Lipinski definition) is 5. The van der Waals surface area contributed by atoms with Crippen LogP contribution in [0.15, 0.2) is 54.9 Å². The number of fused-ring (bicyclic) bond motifs is 1. The van der Waals surface area contributed by atoms with Crippen LogP contribution in [0.2, 0.25) is 0 Å². The quantitative estimate of drug-likeness (QED) is 0.373. The first-order chi connectivity index (χ1) is 17.5. The van der Waals surface area contributed by atoms with Gasteiger partial charge in [0.1, 0.15) is 6.07 Å². The largest absolute Gasteiger partial charge is 0.361 e. The lowest BCUT2D eigenvalue weighted by Crippen LogP contribution is -2.43. The van der Waals surface area contributed by atoms with E-state index in [2.05, 4.69) is 99.7 Å². The number of anilines is 2. The lowest BCUT2D eigenvalue weighted by atomic mass is 10.0. The molecule has 0 amide bonds. The predicted octanol–water partition coefficient (Wildman–Crippen LogP) is 5.71. The fourth-order valence-electron chi connectivity index (χ4n) is 4.78. The van der Waals surface area contributed by atoms with Crippen molar-refractivity contribution < 1.29 is 0 Å². The summed E-state index contributed by atoms with van der Waals surface area (Å²) >= 11 is 0. The average molecular weight is 477 g/mol. The molecule has 6 heteroatoms. The second kappa shape index (κ2) is 10.4. The lowest BCUT2D eigenvalue weighted by Gasteiger charge is -2.32. The number of H-pyrrole nitrogens is 1. The van der Waals surface area contributed by atoms with Crippen LogP contribution in [-0.2, 0) is 6.54 Å². The molecule has 3 heterocycles. The van der Waals surface area contributed by atoms with Crippen molar-refractivity contribution >= 4 is 34.4 Å². The fraction of sp³-hybridized carbons (Fsp3) is 0.267. The van der Waals surface area contributed by atoms with Gasteiger partial charge in [-0.25, -0.2) is 0 Å². The van der Waals surface area contributed by atoms with E-state index in [1.807, 2.05) is 13.1 Å². The monoisotopic (exact) mass is 476 g/mol. The van der Waals surface area contributed by atoms with Gasteiger partial charge in [-0.2, -0.15) is 5.26 Å². The predicted molar refractivity (Wildman–Crippen MR) is 148 cm³/mol. The minimum Gasteiger partial charge on any atom is -0.361 e. The molecule has 0 unspecified atom stereocenters. The molecule has 1 aliphatic rings. The maximum Gasteiger partial charge on any atom is 0.103 e. The number of likely N-dealkylation sites (N-methyl/N-ethyl adjacent to an activating group) is 1. The molecular weight excluding hydrogens is 444 g/mol. The molecule has 0 bridgehead atoms. The Labute approximate surface area is 212 Å². The molecule has 1 saturated heterocycles. The van der Waals surface area contributed by atoms with E-state index in [1.54, 1.807) is 6.20 Å². The molecule has 4 aromatic rings. The molecule has 0 spiro atoms. The first-order valence-electron chi connectivity index (χ1n) is 12.4. The number of aryl methyl sites for hydroxylation is 2. The third-order valence-electron chi connectivity index (χ3n) is 7.12. The minimum absolute atomic E-state index is 0.524. The highest BCUT2D eigenvalue weighted by Crippen LogP contribution is 2.32. The third-order valence-corrected chi connectivity index (χ3v) is 7.12. The number of aromatic amines is 1. The maximum absolute atomic E-state index is 9.82. The first-order valence-corrected chi connectivity index (χ1v) is 12.4. The van der Waals surface area contributed by atoms with Gasteiger partial charge in [0.15, 0.2) is 0 Å². The molecular formula is C30H32N6. The summed E-state index contributed by atoms with van der Waals surface area (Å²) in [4.78, 5) is 12.6. The number of benzene rings is 2. The summed E-state index contributed by atoms with van der Waals surface area (Å²) in [6, 6.07) is 17.2. The SMILES string of the molecule is Cc1ncc(C#N)c(Nc2ccc3[nH]ccc3c2C)c1C=Cc1ccc(CN2CCN(C)CC2)cc1. The van der Waals surface area contributed by atoms with Crippen molar-refractivity contribution in [3.63, 3.8) is 0 Å². The van der Waals surface area contributed by atoms with Gasteiger partial charge in [0.25, 0.3) is 0 Å². The van der Waals surface area contributed by atoms with E-state index in [0.717, 1.165) is 77.4 Å². The van der Waals surface area contributed by atoms with Crippen molar-refractivity contribution in [2.24, 2.45) is 0 Å². The number of nitriles is 1. The van der Waals surface area contributed by atoms with Crippen molar-refractivity contribution in [1.82, 2.24) is 19.8 Å². The normalized spacial score (nSPS) is 14.9. The number of pyridine rings is 1. The van der Waals surface area contributed by atoms with E-state index in [4.69, 9.17) is 0 Å². The van der Waals surface area contributed by atoms with Crippen LogP contribution in [0.4, 0.5) is 11.4 Å². The fourth-order valence-corrected chi connectivity index (χ4v) is 4.78. The van der Waals surface area contributed by atoms with E-state index < -0.39 is 0 Å². The number of hydrogen-bond donors (Lipinski definition) is 2. The Hall–Kier alpha value is -3.92.